The summed E-state index contributed by atoms with van der Waals surface area (Å²) in [5.41, 5.74) is 3.87. The van der Waals surface area contributed by atoms with Gasteiger partial charge in [0.05, 0.1) is 6.61 Å². The predicted octanol–water partition coefficient (Wildman–Crippen LogP) is 3.72. The maximum absolute atomic E-state index is 12.7. The Bertz CT molecular complexity index is 920. The molecular formula is C21H23N3O3. The highest BCUT2D eigenvalue weighted by atomic mass is 16.5. The number of hydrogen-bond donors (Lipinski definition) is 1. The van der Waals surface area contributed by atoms with Gasteiger partial charge in [0.25, 0.3) is 5.91 Å². The van der Waals surface area contributed by atoms with Crippen LogP contribution >= 0.6 is 0 Å². The maximum atomic E-state index is 12.7. The standard InChI is InChI=1S/C21H23N3O3/c1-14-7-4-5-10-18(14)16-8-6-9-17(13-16)20(25)22-15(2)21-23-19(24-27-21)11-12-26-3/h4-10,13,15H,11-12H2,1-3H3,(H,22,25). The normalized spacial score (nSPS) is 12.0. The summed E-state index contributed by atoms with van der Waals surface area (Å²) in [5.74, 6) is 0.758. The summed E-state index contributed by atoms with van der Waals surface area (Å²) >= 11 is 0. The third-order valence-electron chi connectivity index (χ3n) is 4.31. The number of amides is 1. The van der Waals surface area contributed by atoms with E-state index in [1.807, 2.05) is 37.3 Å². The summed E-state index contributed by atoms with van der Waals surface area (Å²) in [5, 5.41) is 6.81. The van der Waals surface area contributed by atoms with Gasteiger partial charge in [-0.25, -0.2) is 0 Å². The van der Waals surface area contributed by atoms with Crippen LogP contribution in [0.25, 0.3) is 11.1 Å². The van der Waals surface area contributed by atoms with E-state index in [2.05, 4.69) is 34.5 Å². The van der Waals surface area contributed by atoms with Crippen LogP contribution in [-0.2, 0) is 11.2 Å². The van der Waals surface area contributed by atoms with Gasteiger partial charge in [-0.2, -0.15) is 4.98 Å². The fraction of sp³-hybridized carbons (Fsp3) is 0.286. The highest BCUT2D eigenvalue weighted by molar-refractivity contribution is 5.95. The number of aromatic nitrogens is 2. The van der Waals surface area contributed by atoms with Gasteiger partial charge >= 0.3 is 0 Å². The van der Waals surface area contributed by atoms with Gasteiger partial charge in [-0.15, -0.1) is 0 Å². The Balaban J connectivity index is 1.72. The number of methoxy groups -OCH3 is 1. The van der Waals surface area contributed by atoms with Crippen LogP contribution in [0.1, 0.15) is 40.6 Å². The number of nitrogens with zero attached hydrogens (tertiary/aromatic N) is 2. The molecule has 0 aliphatic carbocycles. The fourth-order valence-corrected chi connectivity index (χ4v) is 2.80. The maximum Gasteiger partial charge on any atom is 0.251 e. The highest BCUT2D eigenvalue weighted by Crippen LogP contribution is 2.24. The minimum Gasteiger partial charge on any atom is -0.384 e. The van der Waals surface area contributed by atoms with Gasteiger partial charge in [0, 0.05) is 19.1 Å². The fourth-order valence-electron chi connectivity index (χ4n) is 2.80. The number of carbonyl (C=O) groups excluding carboxylic acids is 1. The monoisotopic (exact) mass is 365 g/mol. The Morgan fingerprint density at radius 1 is 1.22 bits per heavy atom. The second-order valence-corrected chi connectivity index (χ2v) is 6.38. The molecule has 1 aromatic heterocycles. The zero-order chi connectivity index (χ0) is 19.2. The molecule has 3 aromatic rings. The predicted molar refractivity (Wildman–Crippen MR) is 102 cm³/mol. The van der Waals surface area contributed by atoms with Gasteiger partial charge in [0.1, 0.15) is 6.04 Å². The van der Waals surface area contributed by atoms with E-state index in [1.165, 1.54) is 0 Å². The van der Waals surface area contributed by atoms with Crippen molar-refractivity contribution >= 4 is 5.91 Å². The molecule has 0 saturated carbocycles. The second kappa shape index (κ2) is 8.60. The smallest absolute Gasteiger partial charge is 0.251 e. The van der Waals surface area contributed by atoms with Crippen molar-refractivity contribution in [1.29, 1.82) is 0 Å². The summed E-state index contributed by atoms with van der Waals surface area (Å²) in [4.78, 5) is 17.0. The first-order valence-corrected chi connectivity index (χ1v) is 8.87. The molecule has 140 valence electrons. The molecule has 0 spiro atoms. The summed E-state index contributed by atoms with van der Waals surface area (Å²) in [6.07, 6.45) is 0.569. The number of rotatable bonds is 7. The first-order chi connectivity index (χ1) is 13.1. The molecule has 1 amide bonds. The minimum atomic E-state index is -0.386. The zero-order valence-corrected chi connectivity index (χ0v) is 15.7. The van der Waals surface area contributed by atoms with E-state index in [9.17, 15) is 4.79 Å². The number of ether oxygens (including phenoxy) is 1. The Morgan fingerprint density at radius 2 is 2.04 bits per heavy atom. The van der Waals surface area contributed by atoms with Crippen LogP contribution in [0.4, 0.5) is 0 Å². The van der Waals surface area contributed by atoms with Gasteiger partial charge < -0.3 is 14.6 Å². The lowest BCUT2D eigenvalue weighted by Gasteiger charge is -2.11. The quantitative estimate of drug-likeness (QED) is 0.690. The summed E-state index contributed by atoms with van der Waals surface area (Å²) in [6, 6.07) is 15.3. The van der Waals surface area contributed by atoms with Gasteiger partial charge in [-0.3, -0.25) is 4.79 Å². The first-order valence-electron chi connectivity index (χ1n) is 8.87. The van der Waals surface area contributed by atoms with E-state index in [0.717, 1.165) is 16.7 Å². The Hall–Kier alpha value is -2.99. The van der Waals surface area contributed by atoms with Gasteiger partial charge in [-0.05, 0) is 42.7 Å². The van der Waals surface area contributed by atoms with Crippen LogP contribution in [0.15, 0.2) is 53.1 Å². The van der Waals surface area contributed by atoms with Gasteiger partial charge in [0.15, 0.2) is 5.82 Å². The van der Waals surface area contributed by atoms with Gasteiger partial charge in [-0.1, -0.05) is 41.6 Å². The first kappa shape index (κ1) is 18.8. The lowest BCUT2D eigenvalue weighted by molar-refractivity contribution is 0.0932. The van der Waals surface area contributed by atoms with E-state index in [-0.39, 0.29) is 11.9 Å². The van der Waals surface area contributed by atoms with Crippen LogP contribution < -0.4 is 5.32 Å². The van der Waals surface area contributed by atoms with Crippen molar-refractivity contribution in [2.75, 3.05) is 13.7 Å². The van der Waals surface area contributed by atoms with E-state index >= 15 is 0 Å². The molecule has 0 aliphatic heterocycles. The van der Waals surface area contributed by atoms with Crippen LogP contribution in [0, 0.1) is 6.92 Å². The topological polar surface area (TPSA) is 77.3 Å². The Labute approximate surface area is 158 Å². The van der Waals surface area contributed by atoms with E-state index in [0.29, 0.717) is 30.3 Å². The number of carbonyl (C=O) groups is 1. The molecule has 0 fully saturated rings. The second-order valence-electron chi connectivity index (χ2n) is 6.38. The Morgan fingerprint density at radius 3 is 2.81 bits per heavy atom. The average Bonchev–Trinajstić information content (AvgIpc) is 3.16. The van der Waals surface area contributed by atoms with E-state index < -0.39 is 0 Å². The molecule has 0 saturated heterocycles. The van der Waals surface area contributed by atoms with Crippen LogP contribution in [0.5, 0.6) is 0 Å². The molecule has 27 heavy (non-hydrogen) atoms. The van der Waals surface area contributed by atoms with Crippen molar-refractivity contribution in [3.8, 4) is 11.1 Å². The molecular weight excluding hydrogens is 342 g/mol. The highest BCUT2D eigenvalue weighted by Gasteiger charge is 2.18. The molecule has 0 bridgehead atoms. The van der Waals surface area contributed by atoms with Crippen LogP contribution in [0.2, 0.25) is 0 Å². The number of nitrogens with one attached hydrogen (secondary N) is 1. The van der Waals surface area contributed by atoms with Crippen molar-refractivity contribution in [3.63, 3.8) is 0 Å². The molecule has 2 aromatic carbocycles. The van der Waals surface area contributed by atoms with Gasteiger partial charge in [0.2, 0.25) is 5.89 Å². The largest absolute Gasteiger partial charge is 0.384 e. The van der Waals surface area contributed by atoms with Crippen molar-refractivity contribution in [1.82, 2.24) is 15.5 Å². The average molecular weight is 365 g/mol. The van der Waals surface area contributed by atoms with Crippen LogP contribution in [0.3, 0.4) is 0 Å². The number of hydrogen-bond acceptors (Lipinski definition) is 5. The molecule has 1 unspecified atom stereocenters. The molecule has 6 heteroatoms. The third-order valence-corrected chi connectivity index (χ3v) is 4.31. The van der Waals surface area contributed by atoms with E-state index in [4.69, 9.17) is 9.26 Å². The van der Waals surface area contributed by atoms with Crippen molar-refractivity contribution in [2.45, 2.75) is 26.3 Å². The van der Waals surface area contributed by atoms with Crippen molar-refractivity contribution in [3.05, 3.63) is 71.4 Å². The molecule has 1 heterocycles. The molecule has 0 aliphatic rings. The minimum absolute atomic E-state index is 0.186. The van der Waals surface area contributed by atoms with Crippen LogP contribution in [-0.4, -0.2) is 29.8 Å². The lowest BCUT2D eigenvalue weighted by Crippen LogP contribution is -2.26. The molecule has 1 atom stereocenters. The summed E-state index contributed by atoms with van der Waals surface area (Å²) in [6.45, 7) is 4.39. The zero-order valence-electron chi connectivity index (χ0n) is 15.7. The number of benzene rings is 2. The Kier molecular flexibility index (Phi) is 5.98. The summed E-state index contributed by atoms with van der Waals surface area (Å²) in [7, 11) is 1.62. The van der Waals surface area contributed by atoms with Crippen molar-refractivity contribution in [2.24, 2.45) is 0 Å². The lowest BCUT2D eigenvalue weighted by atomic mass is 9.99. The third kappa shape index (κ3) is 4.60. The van der Waals surface area contributed by atoms with Crippen molar-refractivity contribution < 1.29 is 14.1 Å². The molecule has 1 N–H and O–H groups in total. The molecule has 3 rings (SSSR count). The molecule has 0 radical (unpaired) electrons. The van der Waals surface area contributed by atoms with E-state index in [1.54, 1.807) is 13.2 Å². The summed E-state index contributed by atoms with van der Waals surface area (Å²) < 4.78 is 10.2. The SMILES string of the molecule is COCCc1noc(C(C)NC(=O)c2cccc(-c3ccccc3C)c2)n1. The number of aryl methyl sites for hydroxylation is 1. The molecule has 6 nitrogen and oxygen atoms in total.